The molecular weight excluding hydrogens is 496 g/mol. The van der Waals surface area contributed by atoms with E-state index >= 15 is 0 Å². The molecule has 1 aliphatic carbocycles. The molecule has 2 N–H and O–H groups in total. The van der Waals surface area contributed by atoms with E-state index in [0.29, 0.717) is 39.1 Å². The molecule has 0 spiro atoms. The molecule has 0 bridgehead atoms. The molecule has 1 aromatic carbocycles. The van der Waals surface area contributed by atoms with Gasteiger partial charge in [0.2, 0.25) is 0 Å². The third-order valence-electron chi connectivity index (χ3n) is 6.64. The molecule has 3 aromatic rings. The summed E-state index contributed by atoms with van der Waals surface area (Å²) in [6.45, 7) is 3.97. The summed E-state index contributed by atoms with van der Waals surface area (Å²) in [6, 6.07) is 4.77. The molecule has 0 unspecified atom stereocenters. The van der Waals surface area contributed by atoms with Gasteiger partial charge in [-0.05, 0) is 62.3 Å². The number of benzene rings is 1. The van der Waals surface area contributed by atoms with Crippen molar-refractivity contribution in [1.82, 2.24) is 5.32 Å². The van der Waals surface area contributed by atoms with Crippen LogP contribution in [0.15, 0.2) is 22.6 Å². The second kappa shape index (κ2) is 8.70. The van der Waals surface area contributed by atoms with Gasteiger partial charge in [-0.15, -0.1) is 11.3 Å². The average Bonchev–Trinajstić information content (AvgIpc) is 3.40. The Bertz CT molecular complexity index is 1420. The molecule has 2 aliphatic rings. The van der Waals surface area contributed by atoms with Crippen molar-refractivity contribution in [1.29, 1.82) is 0 Å². The lowest BCUT2D eigenvalue weighted by molar-refractivity contribution is 0.0941. The van der Waals surface area contributed by atoms with Gasteiger partial charge >= 0.3 is 0 Å². The number of anilines is 1. The Morgan fingerprint density at radius 3 is 2.74 bits per heavy atom. The highest BCUT2D eigenvalue weighted by Gasteiger charge is 2.33. The van der Waals surface area contributed by atoms with Crippen LogP contribution in [0.4, 0.5) is 5.00 Å². The number of carbonyl (C=O) groups is 2. The van der Waals surface area contributed by atoms with Crippen LogP contribution in [0.3, 0.4) is 0 Å². The number of fused-ring (bicyclic) bond motifs is 2. The zero-order valence-electron chi connectivity index (χ0n) is 18.9. The zero-order valence-corrected chi connectivity index (χ0v) is 21.3. The molecule has 2 atom stereocenters. The quantitative estimate of drug-likeness (QED) is 0.516. The number of nitrogens with one attached hydrogen (secondary N) is 2. The monoisotopic (exact) mass is 520 g/mol. The number of thiophene rings is 1. The number of amides is 2. The van der Waals surface area contributed by atoms with Crippen molar-refractivity contribution in [3.63, 3.8) is 0 Å². The van der Waals surface area contributed by atoms with Gasteiger partial charge in [-0.1, -0.05) is 18.5 Å². The summed E-state index contributed by atoms with van der Waals surface area (Å²) in [7, 11) is -3.12. The van der Waals surface area contributed by atoms with E-state index in [0.717, 1.165) is 35.1 Å². The number of carbonyl (C=O) groups excluding carboxylic acids is 2. The van der Waals surface area contributed by atoms with E-state index < -0.39 is 21.8 Å². The van der Waals surface area contributed by atoms with Gasteiger partial charge < -0.3 is 15.1 Å². The Morgan fingerprint density at radius 2 is 2.00 bits per heavy atom. The fraction of sp³-hybridized carbons (Fsp3) is 0.417. The maximum Gasteiger partial charge on any atom is 0.292 e. The Balaban J connectivity index is 1.47. The number of halogens is 1. The second-order valence-corrected chi connectivity index (χ2v) is 13.1. The summed E-state index contributed by atoms with van der Waals surface area (Å²) in [5.74, 6) is -0.0783. The van der Waals surface area contributed by atoms with E-state index in [4.69, 9.17) is 16.0 Å². The first-order chi connectivity index (χ1) is 16.1. The Labute approximate surface area is 206 Å². The number of hydrogen-bond acceptors (Lipinski definition) is 6. The first-order valence-electron chi connectivity index (χ1n) is 11.3. The average molecular weight is 521 g/mol. The fourth-order valence-corrected chi connectivity index (χ4v) is 8.06. The molecule has 2 aromatic heterocycles. The van der Waals surface area contributed by atoms with Crippen molar-refractivity contribution < 1.29 is 22.4 Å². The maximum atomic E-state index is 13.3. The lowest BCUT2D eigenvalue weighted by Crippen LogP contribution is -2.36. The summed E-state index contributed by atoms with van der Waals surface area (Å²) < 4.78 is 29.5. The van der Waals surface area contributed by atoms with E-state index in [1.165, 1.54) is 11.3 Å². The van der Waals surface area contributed by atoms with E-state index in [-0.39, 0.29) is 23.2 Å². The fourth-order valence-electron chi connectivity index (χ4n) is 4.82. The van der Waals surface area contributed by atoms with Gasteiger partial charge in [0.05, 0.1) is 17.1 Å². The van der Waals surface area contributed by atoms with Gasteiger partial charge in [-0.2, -0.15) is 0 Å². The van der Waals surface area contributed by atoms with E-state index in [9.17, 15) is 18.0 Å². The highest BCUT2D eigenvalue weighted by Crippen LogP contribution is 2.40. The van der Waals surface area contributed by atoms with Crippen LogP contribution >= 0.6 is 22.9 Å². The van der Waals surface area contributed by atoms with Crippen LogP contribution in [0.1, 0.15) is 56.7 Å². The van der Waals surface area contributed by atoms with Crippen LogP contribution in [0.5, 0.6) is 0 Å². The normalized spacial score (nSPS) is 21.4. The minimum Gasteiger partial charge on any atom is -0.451 e. The molecule has 0 radical (unpaired) electrons. The molecule has 3 heterocycles. The van der Waals surface area contributed by atoms with E-state index in [1.807, 2.05) is 0 Å². The Hall–Kier alpha value is -2.36. The van der Waals surface area contributed by atoms with Gasteiger partial charge in [-0.3, -0.25) is 9.59 Å². The Kier molecular flexibility index (Phi) is 5.98. The topological polar surface area (TPSA) is 105 Å². The summed E-state index contributed by atoms with van der Waals surface area (Å²) in [4.78, 5) is 27.6. The molecule has 1 aliphatic heterocycles. The number of aryl methyl sites for hydroxylation is 1. The van der Waals surface area contributed by atoms with Crippen molar-refractivity contribution in [2.24, 2.45) is 5.92 Å². The first kappa shape index (κ1) is 23.4. The number of rotatable bonds is 4. The predicted molar refractivity (Wildman–Crippen MR) is 134 cm³/mol. The van der Waals surface area contributed by atoms with Gasteiger partial charge in [-0.25, -0.2) is 8.42 Å². The van der Waals surface area contributed by atoms with Crippen LogP contribution in [0.2, 0.25) is 5.02 Å². The summed E-state index contributed by atoms with van der Waals surface area (Å²) in [5.41, 5.74) is 2.63. The lowest BCUT2D eigenvalue weighted by atomic mass is 9.88. The first-order valence-corrected chi connectivity index (χ1v) is 14.3. The zero-order chi connectivity index (χ0) is 24.2. The highest BCUT2D eigenvalue weighted by atomic mass is 35.5. The van der Waals surface area contributed by atoms with Gasteiger partial charge in [0.15, 0.2) is 15.6 Å². The van der Waals surface area contributed by atoms with Crippen molar-refractivity contribution >= 4 is 60.6 Å². The van der Waals surface area contributed by atoms with Crippen LogP contribution in [-0.2, 0) is 22.7 Å². The molecule has 0 saturated carbocycles. The largest absolute Gasteiger partial charge is 0.451 e. The van der Waals surface area contributed by atoms with E-state index in [1.54, 1.807) is 25.1 Å². The number of furan rings is 1. The van der Waals surface area contributed by atoms with Crippen LogP contribution in [0.25, 0.3) is 11.0 Å². The van der Waals surface area contributed by atoms with Gasteiger partial charge in [0.25, 0.3) is 11.8 Å². The lowest BCUT2D eigenvalue weighted by Gasteiger charge is -2.19. The minimum absolute atomic E-state index is 0.0511. The predicted octanol–water partition coefficient (Wildman–Crippen LogP) is 4.75. The third-order valence-corrected chi connectivity index (χ3v) is 9.81. The van der Waals surface area contributed by atoms with Gasteiger partial charge in [0, 0.05) is 26.9 Å². The summed E-state index contributed by atoms with van der Waals surface area (Å²) >= 11 is 7.52. The molecule has 180 valence electrons. The third kappa shape index (κ3) is 4.36. The Morgan fingerprint density at radius 1 is 1.21 bits per heavy atom. The second-order valence-electron chi connectivity index (χ2n) is 9.28. The number of sulfone groups is 1. The molecule has 34 heavy (non-hydrogen) atoms. The SMILES string of the molecule is Cc1c(C(=O)Nc2sc3c(c2C(=O)N[C@H]2CCS(=O)(=O)C2)CC[C@H](C)C3)oc2ccc(Cl)cc12. The standard InChI is InChI=1S/C24H25ClN2O5S2/c1-12-3-5-16-19(9-12)33-24(20(16)22(28)26-15-7-8-34(30,31)11-15)27-23(29)21-13(2)17-10-14(25)4-6-18(17)32-21/h4,6,10,12,15H,3,5,7-9,11H2,1-2H3,(H,26,28)(H,27,29)/t12-,15-/m0/s1. The molecule has 1 saturated heterocycles. The summed E-state index contributed by atoms with van der Waals surface area (Å²) in [5, 5.41) is 7.59. The highest BCUT2D eigenvalue weighted by molar-refractivity contribution is 7.91. The number of hydrogen-bond donors (Lipinski definition) is 2. The maximum absolute atomic E-state index is 13.3. The molecule has 2 amide bonds. The van der Waals surface area contributed by atoms with Crippen molar-refractivity contribution in [2.75, 3.05) is 16.8 Å². The molecule has 7 nitrogen and oxygen atoms in total. The molecular formula is C24H25ClN2O5S2. The van der Waals surface area contributed by atoms with Crippen molar-refractivity contribution in [3.8, 4) is 0 Å². The van der Waals surface area contributed by atoms with Gasteiger partial charge in [0.1, 0.15) is 10.6 Å². The molecule has 10 heteroatoms. The molecule has 5 rings (SSSR count). The summed E-state index contributed by atoms with van der Waals surface area (Å²) in [6.07, 6.45) is 2.95. The molecule has 1 fully saturated rings. The van der Waals surface area contributed by atoms with Crippen molar-refractivity contribution in [3.05, 3.63) is 50.5 Å². The smallest absolute Gasteiger partial charge is 0.292 e. The minimum atomic E-state index is -3.12. The van der Waals surface area contributed by atoms with Crippen LogP contribution in [-0.4, -0.2) is 37.8 Å². The van der Waals surface area contributed by atoms with Crippen molar-refractivity contribution in [2.45, 2.75) is 45.6 Å². The van der Waals surface area contributed by atoms with Crippen LogP contribution in [0, 0.1) is 12.8 Å². The van der Waals surface area contributed by atoms with E-state index in [2.05, 4.69) is 17.6 Å². The van der Waals surface area contributed by atoms with Crippen LogP contribution < -0.4 is 10.6 Å².